The van der Waals surface area contributed by atoms with Gasteiger partial charge < -0.3 is 15.6 Å². The molecule has 1 atom stereocenters. The third kappa shape index (κ3) is 5.11. The Labute approximate surface area is 147 Å². The first kappa shape index (κ1) is 17.6. The quantitative estimate of drug-likeness (QED) is 0.777. The Morgan fingerprint density at radius 1 is 1.36 bits per heavy atom. The number of hydrogen-bond donors (Lipinski definition) is 2. The summed E-state index contributed by atoms with van der Waals surface area (Å²) in [6.07, 6.45) is 2.57. The summed E-state index contributed by atoms with van der Waals surface area (Å²) in [6, 6.07) is 10.1. The molecule has 1 aromatic carbocycles. The Morgan fingerprint density at radius 3 is 3.00 bits per heavy atom. The van der Waals surface area contributed by atoms with E-state index >= 15 is 0 Å². The number of rotatable bonds is 7. The molecule has 1 aliphatic heterocycles. The average molecular weight is 343 g/mol. The summed E-state index contributed by atoms with van der Waals surface area (Å²) in [4.78, 5) is 18.8. The van der Waals surface area contributed by atoms with Crippen LogP contribution >= 0.6 is 0 Å². The molecule has 25 heavy (non-hydrogen) atoms. The van der Waals surface area contributed by atoms with Crippen LogP contribution in [0, 0.1) is 5.92 Å². The van der Waals surface area contributed by atoms with Gasteiger partial charge in [-0.15, -0.1) is 0 Å². The van der Waals surface area contributed by atoms with Gasteiger partial charge in [0.25, 0.3) is 0 Å². The van der Waals surface area contributed by atoms with Gasteiger partial charge in [-0.2, -0.15) is 4.98 Å². The van der Waals surface area contributed by atoms with E-state index < -0.39 is 0 Å². The fourth-order valence-electron chi connectivity index (χ4n) is 3.15. The molecule has 0 radical (unpaired) electrons. The van der Waals surface area contributed by atoms with Crippen molar-refractivity contribution < 1.29 is 9.32 Å². The van der Waals surface area contributed by atoms with Gasteiger partial charge in [-0.3, -0.25) is 9.69 Å². The molecule has 1 fully saturated rings. The van der Waals surface area contributed by atoms with Crippen molar-refractivity contribution in [2.24, 2.45) is 11.7 Å². The number of amides is 1. The van der Waals surface area contributed by atoms with E-state index in [0.29, 0.717) is 44.3 Å². The molecule has 1 amide bonds. The lowest BCUT2D eigenvalue weighted by Crippen LogP contribution is -2.43. The van der Waals surface area contributed by atoms with E-state index in [4.69, 9.17) is 10.3 Å². The van der Waals surface area contributed by atoms with E-state index in [0.717, 1.165) is 24.9 Å². The van der Waals surface area contributed by atoms with Crippen LogP contribution in [-0.2, 0) is 17.8 Å². The Balaban J connectivity index is 1.53. The minimum atomic E-state index is 0.00649. The van der Waals surface area contributed by atoms with Gasteiger partial charge >= 0.3 is 0 Å². The van der Waals surface area contributed by atoms with Crippen LogP contribution in [0.1, 0.15) is 30.1 Å². The zero-order valence-corrected chi connectivity index (χ0v) is 14.4. The van der Waals surface area contributed by atoms with Crippen LogP contribution in [0.15, 0.2) is 34.9 Å². The topological polar surface area (TPSA) is 97.3 Å². The van der Waals surface area contributed by atoms with Crippen LogP contribution in [0.5, 0.6) is 0 Å². The highest BCUT2D eigenvalue weighted by Crippen LogP contribution is 2.18. The van der Waals surface area contributed by atoms with Crippen molar-refractivity contribution in [3.63, 3.8) is 0 Å². The molecule has 2 aromatic rings. The minimum absolute atomic E-state index is 0.00649. The summed E-state index contributed by atoms with van der Waals surface area (Å²) < 4.78 is 5.38. The van der Waals surface area contributed by atoms with E-state index in [9.17, 15) is 4.79 Å². The maximum absolute atomic E-state index is 12.1. The monoisotopic (exact) mass is 343 g/mol. The minimum Gasteiger partial charge on any atom is -0.355 e. The molecular weight excluding hydrogens is 318 g/mol. The van der Waals surface area contributed by atoms with Crippen molar-refractivity contribution in [3.8, 4) is 0 Å². The average Bonchev–Trinajstić information content (AvgIpc) is 3.07. The lowest BCUT2D eigenvalue weighted by atomic mass is 9.97. The summed E-state index contributed by atoms with van der Waals surface area (Å²) in [6.45, 7) is 3.24. The van der Waals surface area contributed by atoms with Crippen molar-refractivity contribution in [1.29, 1.82) is 0 Å². The number of nitrogens with one attached hydrogen (secondary N) is 1. The normalized spacial score (nSPS) is 18.2. The van der Waals surface area contributed by atoms with Crippen molar-refractivity contribution in [2.75, 3.05) is 26.2 Å². The van der Waals surface area contributed by atoms with Gasteiger partial charge in [-0.05, 0) is 24.9 Å². The van der Waals surface area contributed by atoms with Gasteiger partial charge in [0.15, 0.2) is 5.82 Å². The second-order valence-electron chi connectivity index (χ2n) is 6.42. The number of benzene rings is 1. The molecule has 1 saturated heterocycles. The molecule has 3 rings (SSSR count). The number of hydrogen-bond acceptors (Lipinski definition) is 6. The SMILES string of the molecule is NCCNC(=O)C1CCCN(Cc2nc(Cc3ccccc3)no2)C1. The zero-order chi connectivity index (χ0) is 17.5. The molecule has 2 heterocycles. The fourth-order valence-corrected chi connectivity index (χ4v) is 3.15. The van der Waals surface area contributed by atoms with Crippen LogP contribution < -0.4 is 11.1 Å². The van der Waals surface area contributed by atoms with E-state index in [2.05, 4.69) is 20.4 Å². The molecule has 134 valence electrons. The highest BCUT2D eigenvalue weighted by atomic mass is 16.5. The van der Waals surface area contributed by atoms with Gasteiger partial charge in [-0.25, -0.2) is 0 Å². The number of nitrogens with zero attached hydrogens (tertiary/aromatic N) is 3. The molecule has 3 N–H and O–H groups in total. The number of piperidine rings is 1. The zero-order valence-electron chi connectivity index (χ0n) is 14.4. The summed E-state index contributed by atoms with van der Waals surface area (Å²) in [5, 5.41) is 6.94. The third-order valence-electron chi connectivity index (χ3n) is 4.39. The first-order chi connectivity index (χ1) is 12.2. The Bertz CT molecular complexity index is 673. The Kier molecular flexibility index (Phi) is 6.14. The molecule has 0 bridgehead atoms. The van der Waals surface area contributed by atoms with Crippen molar-refractivity contribution >= 4 is 5.91 Å². The smallest absolute Gasteiger partial charge is 0.240 e. The second-order valence-corrected chi connectivity index (χ2v) is 6.42. The van der Waals surface area contributed by atoms with Crippen LogP contribution in [0.4, 0.5) is 0 Å². The van der Waals surface area contributed by atoms with Crippen LogP contribution in [0.3, 0.4) is 0 Å². The Morgan fingerprint density at radius 2 is 2.20 bits per heavy atom. The first-order valence-electron chi connectivity index (χ1n) is 8.80. The first-order valence-corrected chi connectivity index (χ1v) is 8.80. The van der Waals surface area contributed by atoms with Crippen LogP contribution in [-0.4, -0.2) is 47.1 Å². The van der Waals surface area contributed by atoms with Gasteiger partial charge in [0.2, 0.25) is 11.8 Å². The van der Waals surface area contributed by atoms with E-state index in [1.54, 1.807) is 0 Å². The van der Waals surface area contributed by atoms with Crippen molar-refractivity contribution in [2.45, 2.75) is 25.8 Å². The molecule has 0 saturated carbocycles. The van der Waals surface area contributed by atoms with E-state index in [1.165, 1.54) is 0 Å². The predicted molar refractivity (Wildman–Crippen MR) is 93.6 cm³/mol. The summed E-state index contributed by atoms with van der Waals surface area (Å²) >= 11 is 0. The molecule has 1 unspecified atom stereocenters. The van der Waals surface area contributed by atoms with E-state index in [1.807, 2.05) is 30.3 Å². The van der Waals surface area contributed by atoms with Crippen molar-refractivity contribution in [1.82, 2.24) is 20.4 Å². The second kappa shape index (κ2) is 8.73. The number of likely N-dealkylation sites (tertiary alicyclic amines) is 1. The van der Waals surface area contributed by atoms with Crippen LogP contribution in [0.25, 0.3) is 0 Å². The van der Waals surface area contributed by atoms with Gasteiger partial charge in [0, 0.05) is 26.1 Å². The maximum atomic E-state index is 12.1. The summed E-state index contributed by atoms with van der Waals surface area (Å²) in [7, 11) is 0. The summed E-state index contributed by atoms with van der Waals surface area (Å²) in [5.74, 6) is 1.39. The molecule has 1 aliphatic rings. The molecule has 0 spiro atoms. The van der Waals surface area contributed by atoms with Gasteiger partial charge in [0.1, 0.15) is 0 Å². The predicted octanol–water partition coefficient (Wildman–Crippen LogP) is 0.947. The van der Waals surface area contributed by atoms with Gasteiger partial charge in [0.05, 0.1) is 12.5 Å². The van der Waals surface area contributed by atoms with E-state index in [-0.39, 0.29) is 11.8 Å². The number of aromatic nitrogens is 2. The maximum Gasteiger partial charge on any atom is 0.240 e. The third-order valence-corrected chi connectivity index (χ3v) is 4.39. The highest BCUT2D eigenvalue weighted by molar-refractivity contribution is 5.78. The molecule has 7 heteroatoms. The lowest BCUT2D eigenvalue weighted by Gasteiger charge is -2.30. The van der Waals surface area contributed by atoms with Crippen LogP contribution in [0.2, 0.25) is 0 Å². The molecule has 1 aromatic heterocycles. The molecule has 7 nitrogen and oxygen atoms in total. The fraction of sp³-hybridized carbons (Fsp3) is 0.500. The standard InChI is InChI=1S/C18H25N5O2/c19-8-9-20-18(24)15-7-4-10-23(12-15)13-17-21-16(22-25-17)11-14-5-2-1-3-6-14/h1-3,5-6,15H,4,7-13,19H2,(H,20,24). The van der Waals surface area contributed by atoms with Gasteiger partial charge in [-0.1, -0.05) is 35.5 Å². The van der Waals surface area contributed by atoms with Crippen molar-refractivity contribution in [3.05, 3.63) is 47.6 Å². The largest absolute Gasteiger partial charge is 0.355 e. The lowest BCUT2D eigenvalue weighted by molar-refractivity contribution is -0.126. The molecule has 0 aliphatic carbocycles. The number of carbonyl (C=O) groups excluding carboxylic acids is 1. The highest BCUT2D eigenvalue weighted by Gasteiger charge is 2.26. The molecular formula is C18H25N5O2. The number of nitrogens with two attached hydrogens (primary N) is 1. The number of carbonyl (C=O) groups is 1. The summed E-state index contributed by atoms with van der Waals surface area (Å²) in [5.41, 5.74) is 6.60. The Hall–Kier alpha value is -2.25.